The number of ether oxygens (including phenoxy) is 2. The molecular formula is C19H31ClN2O3. The lowest BCUT2D eigenvalue weighted by Gasteiger charge is -2.32. The third kappa shape index (κ3) is 6.40. The summed E-state index contributed by atoms with van der Waals surface area (Å²) in [4.78, 5) is 14.5. The number of piperidine rings is 1. The average molecular weight is 371 g/mol. The Hall–Kier alpha value is -1.46. The Morgan fingerprint density at radius 2 is 1.96 bits per heavy atom. The molecule has 5 nitrogen and oxygen atoms in total. The van der Waals surface area contributed by atoms with E-state index in [0.717, 1.165) is 55.5 Å². The summed E-state index contributed by atoms with van der Waals surface area (Å²) in [5.74, 6) is 2.60. The Morgan fingerprint density at radius 1 is 1.24 bits per heavy atom. The monoisotopic (exact) mass is 370 g/mol. The van der Waals surface area contributed by atoms with E-state index in [4.69, 9.17) is 9.47 Å². The molecule has 0 bridgehead atoms. The molecule has 1 N–H and O–H groups in total. The molecule has 25 heavy (non-hydrogen) atoms. The van der Waals surface area contributed by atoms with Crippen LogP contribution >= 0.6 is 12.4 Å². The zero-order valence-electron chi connectivity index (χ0n) is 15.5. The minimum Gasteiger partial charge on any atom is -0.497 e. The molecule has 0 radical (unpaired) electrons. The molecule has 0 aliphatic carbocycles. The van der Waals surface area contributed by atoms with E-state index in [1.165, 1.54) is 6.42 Å². The molecule has 1 fully saturated rings. The van der Waals surface area contributed by atoms with Gasteiger partial charge in [0.05, 0.1) is 14.2 Å². The van der Waals surface area contributed by atoms with Crippen molar-refractivity contribution in [2.75, 3.05) is 40.9 Å². The maximum atomic E-state index is 12.5. The Labute approximate surface area is 157 Å². The number of likely N-dealkylation sites (tertiary alicyclic amines) is 1. The number of carbonyl (C=O) groups excluding carboxylic acids is 1. The fourth-order valence-corrected chi connectivity index (χ4v) is 3.30. The second-order valence-electron chi connectivity index (χ2n) is 6.39. The Bertz CT molecular complexity index is 531. The van der Waals surface area contributed by atoms with Crippen molar-refractivity contribution < 1.29 is 14.3 Å². The van der Waals surface area contributed by atoms with E-state index >= 15 is 0 Å². The van der Waals surface area contributed by atoms with Gasteiger partial charge in [-0.25, -0.2) is 0 Å². The number of methoxy groups -OCH3 is 2. The van der Waals surface area contributed by atoms with Gasteiger partial charge in [0.1, 0.15) is 11.5 Å². The molecule has 1 saturated heterocycles. The Morgan fingerprint density at radius 3 is 2.56 bits per heavy atom. The molecule has 1 aromatic carbocycles. The lowest BCUT2D eigenvalue weighted by molar-refractivity contribution is -0.132. The molecule has 0 saturated carbocycles. The minimum absolute atomic E-state index is 0. The van der Waals surface area contributed by atoms with Crippen LogP contribution in [0.15, 0.2) is 18.2 Å². The van der Waals surface area contributed by atoms with E-state index in [1.807, 2.05) is 30.1 Å². The number of nitrogens with zero attached hydrogens (tertiary/aromatic N) is 1. The standard InChI is InChI=1S/C19H30N2O3.ClH/c1-20-11-8-15-9-12-21(13-10-15)19(22)7-4-16-14-17(23-2)5-6-18(16)24-3;/h5-6,14-15,20H,4,7-13H2,1-3H3;1H. The summed E-state index contributed by atoms with van der Waals surface area (Å²) in [7, 11) is 5.30. The average Bonchev–Trinajstić information content (AvgIpc) is 2.64. The van der Waals surface area contributed by atoms with Crippen LogP contribution in [-0.4, -0.2) is 51.7 Å². The number of nitrogens with one attached hydrogen (secondary N) is 1. The normalized spacial score (nSPS) is 14.8. The molecule has 0 spiro atoms. The second-order valence-corrected chi connectivity index (χ2v) is 6.39. The zero-order valence-corrected chi connectivity index (χ0v) is 16.4. The molecule has 0 atom stereocenters. The van der Waals surface area contributed by atoms with Crippen LogP contribution in [-0.2, 0) is 11.2 Å². The van der Waals surface area contributed by atoms with Crippen LogP contribution in [0.3, 0.4) is 0 Å². The second kappa shape index (κ2) is 11.2. The molecule has 0 aromatic heterocycles. The molecule has 142 valence electrons. The van der Waals surface area contributed by atoms with Crippen LogP contribution in [0.4, 0.5) is 0 Å². The highest BCUT2D eigenvalue weighted by Crippen LogP contribution is 2.26. The van der Waals surface area contributed by atoms with Crippen molar-refractivity contribution >= 4 is 18.3 Å². The van der Waals surface area contributed by atoms with E-state index in [0.29, 0.717) is 12.8 Å². The van der Waals surface area contributed by atoms with Gasteiger partial charge >= 0.3 is 0 Å². The van der Waals surface area contributed by atoms with Gasteiger partial charge < -0.3 is 19.7 Å². The summed E-state index contributed by atoms with van der Waals surface area (Å²) < 4.78 is 10.7. The third-order valence-corrected chi connectivity index (χ3v) is 4.87. The van der Waals surface area contributed by atoms with Crippen LogP contribution in [0.25, 0.3) is 0 Å². The summed E-state index contributed by atoms with van der Waals surface area (Å²) in [6.07, 6.45) is 4.65. The van der Waals surface area contributed by atoms with Gasteiger partial charge in [-0.3, -0.25) is 4.79 Å². The molecule has 1 aromatic rings. The van der Waals surface area contributed by atoms with Crippen LogP contribution in [0.5, 0.6) is 11.5 Å². The van der Waals surface area contributed by atoms with Crippen molar-refractivity contribution in [2.45, 2.75) is 32.1 Å². The van der Waals surface area contributed by atoms with Crippen molar-refractivity contribution in [3.05, 3.63) is 23.8 Å². The smallest absolute Gasteiger partial charge is 0.222 e. The van der Waals surface area contributed by atoms with Crippen molar-refractivity contribution in [3.63, 3.8) is 0 Å². The van der Waals surface area contributed by atoms with Gasteiger partial charge in [-0.15, -0.1) is 12.4 Å². The highest BCUT2D eigenvalue weighted by Gasteiger charge is 2.22. The van der Waals surface area contributed by atoms with Gasteiger partial charge in [-0.2, -0.15) is 0 Å². The summed E-state index contributed by atoms with van der Waals surface area (Å²) in [5, 5.41) is 3.20. The number of rotatable bonds is 8. The summed E-state index contributed by atoms with van der Waals surface area (Å²) in [6, 6.07) is 5.72. The van der Waals surface area contributed by atoms with Gasteiger partial charge in [0.25, 0.3) is 0 Å². The molecule has 6 heteroatoms. The van der Waals surface area contributed by atoms with Gasteiger partial charge in [0.15, 0.2) is 0 Å². The molecule has 0 unspecified atom stereocenters. The lowest BCUT2D eigenvalue weighted by atomic mass is 9.93. The van der Waals surface area contributed by atoms with Gasteiger partial charge in [0, 0.05) is 19.5 Å². The number of carbonyl (C=O) groups is 1. The number of hydrogen-bond acceptors (Lipinski definition) is 4. The first kappa shape index (κ1) is 21.6. The van der Waals surface area contributed by atoms with E-state index in [1.54, 1.807) is 14.2 Å². The van der Waals surface area contributed by atoms with Crippen molar-refractivity contribution in [1.29, 1.82) is 0 Å². The summed E-state index contributed by atoms with van der Waals surface area (Å²) in [5.41, 5.74) is 1.02. The van der Waals surface area contributed by atoms with E-state index in [-0.39, 0.29) is 18.3 Å². The summed E-state index contributed by atoms with van der Waals surface area (Å²) >= 11 is 0. The fourth-order valence-electron chi connectivity index (χ4n) is 3.30. The first-order valence-electron chi connectivity index (χ1n) is 8.81. The highest BCUT2D eigenvalue weighted by molar-refractivity contribution is 5.85. The zero-order chi connectivity index (χ0) is 17.4. The topological polar surface area (TPSA) is 50.8 Å². The predicted octanol–water partition coefficient (Wildman–Crippen LogP) is 2.91. The summed E-state index contributed by atoms with van der Waals surface area (Å²) in [6.45, 7) is 2.85. The number of halogens is 1. The predicted molar refractivity (Wildman–Crippen MR) is 103 cm³/mol. The lowest BCUT2D eigenvalue weighted by Crippen LogP contribution is -2.39. The molecule has 1 heterocycles. The molecular weight excluding hydrogens is 340 g/mol. The van der Waals surface area contributed by atoms with E-state index in [2.05, 4.69) is 5.32 Å². The Kier molecular flexibility index (Phi) is 9.68. The van der Waals surface area contributed by atoms with E-state index in [9.17, 15) is 4.79 Å². The number of hydrogen-bond donors (Lipinski definition) is 1. The van der Waals surface area contributed by atoms with Crippen LogP contribution < -0.4 is 14.8 Å². The van der Waals surface area contributed by atoms with Gasteiger partial charge in [-0.05, 0) is 69.0 Å². The quantitative estimate of drug-likeness (QED) is 0.764. The third-order valence-electron chi connectivity index (χ3n) is 4.87. The van der Waals surface area contributed by atoms with Gasteiger partial charge in [0.2, 0.25) is 5.91 Å². The largest absolute Gasteiger partial charge is 0.497 e. The molecule has 2 rings (SSSR count). The van der Waals surface area contributed by atoms with Crippen LogP contribution in [0, 0.1) is 5.92 Å². The minimum atomic E-state index is 0. The van der Waals surface area contributed by atoms with Gasteiger partial charge in [-0.1, -0.05) is 0 Å². The first-order valence-corrected chi connectivity index (χ1v) is 8.81. The number of benzene rings is 1. The van der Waals surface area contributed by atoms with Crippen molar-refractivity contribution in [1.82, 2.24) is 10.2 Å². The van der Waals surface area contributed by atoms with Crippen molar-refractivity contribution in [2.24, 2.45) is 5.92 Å². The van der Waals surface area contributed by atoms with Crippen LogP contribution in [0.1, 0.15) is 31.2 Å². The SMILES string of the molecule is CNCCC1CCN(C(=O)CCc2cc(OC)ccc2OC)CC1.Cl. The maximum absolute atomic E-state index is 12.5. The van der Waals surface area contributed by atoms with E-state index < -0.39 is 0 Å². The fraction of sp³-hybridized carbons (Fsp3) is 0.632. The number of amides is 1. The number of aryl methyl sites for hydroxylation is 1. The molecule has 1 aliphatic rings. The molecule has 1 amide bonds. The van der Waals surface area contributed by atoms with Crippen molar-refractivity contribution in [3.8, 4) is 11.5 Å². The molecule has 1 aliphatic heterocycles. The maximum Gasteiger partial charge on any atom is 0.222 e. The highest BCUT2D eigenvalue weighted by atomic mass is 35.5. The first-order chi connectivity index (χ1) is 11.7. The van der Waals surface area contributed by atoms with Crippen LogP contribution in [0.2, 0.25) is 0 Å². The Balaban J connectivity index is 0.00000312.